The Balaban J connectivity index is 0.00000243. The van der Waals surface area contributed by atoms with E-state index >= 15 is 0 Å². The highest BCUT2D eigenvalue weighted by atomic mass is 79.9. The first-order chi connectivity index (χ1) is 12.0. The minimum Gasteiger partial charge on any atom is -0.449 e. The van der Waals surface area contributed by atoms with Gasteiger partial charge < -0.3 is 21.2 Å². The number of fused-ring (bicyclic) bond motifs is 1. The first kappa shape index (κ1) is 20.0. The van der Waals surface area contributed by atoms with Crippen molar-refractivity contribution in [3.63, 3.8) is 0 Å². The molecule has 0 bridgehead atoms. The molecule has 0 fully saturated rings. The first-order valence-electron chi connectivity index (χ1n) is 7.58. The van der Waals surface area contributed by atoms with Crippen LogP contribution in [0.5, 0.6) is 0 Å². The molecule has 0 saturated carbocycles. The van der Waals surface area contributed by atoms with E-state index in [-0.39, 0.29) is 23.9 Å². The molecule has 0 radical (unpaired) electrons. The molecule has 6 nitrogen and oxygen atoms in total. The van der Waals surface area contributed by atoms with E-state index in [0.29, 0.717) is 17.4 Å². The number of furan rings is 1. The van der Waals surface area contributed by atoms with Crippen LogP contribution in [0.3, 0.4) is 0 Å². The van der Waals surface area contributed by atoms with Gasteiger partial charge >= 0.3 is 0 Å². The van der Waals surface area contributed by atoms with Crippen LogP contribution < -0.4 is 16.8 Å². The van der Waals surface area contributed by atoms with Crippen LogP contribution in [0.4, 0.5) is 5.69 Å². The molecular formula is C18H17BrClN3O3. The Labute approximate surface area is 164 Å². The third-order valence-corrected chi connectivity index (χ3v) is 4.25. The Hall–Kier alpha value is -2.35. The van der Waals surface area contributed by atoms with Crippen molar-refractivity contribution in [2.75, 3.05) is 5.32 Å². The van der Waals surface area contributed by atoms with Crippen LogP contribution >= 0.6 is 28.3 Å². The number of anilines is 1. The SMILES string of the molecule is Cl.NC(=O)c1oc2ccc(Br)cc2c1NC(=O)[C@@H](N)Cc1ccccc1. The Morgan fingerprint density at radius 1 is 1.15 bits per heavy atom. The quantitative estimate of drug-likeness (QED) is 0.568. The molecule has 2 amide bonds. The second-order valence-electron chi connectivity index (χ2n) is 5.60. The average Bonchev–Trinajstić information content (AvgIpc) is 2.94. The minimum atomic E-state index is -0.778. The zero-order chi connectivity index (χ0) is 18.0. The van der Waals surface area contributed by atoms with Crippen molar-refractivity contribution in [3.05, 3.63) is 64.3 Å². The molecule has 0 saturated heterocycles. The van der Waals surface area contributed by atoms with Gasteiger partial charge in [0.2, 0.25) is 11.7 Å². The van der Waals surface area contributed by atoms with E-state index in [1.807, 2.05) is 30.3 Å². The molecule has 26 heavy (non-hydrogen) atoms. The van der Waals surface area contributed by atoms with Crippen LogP contribution in [0.15, 0.2) is 57.4 Å². The molecule has 3 rings (SSSR count). The van der Waals surface area contributed by atoms with Crippen LogP contribution in [0.2, 0.25) is 0 Å². The standard InChI is InChI=1S/C18H16BrN3O3.ClH/c19-11-6-7-14-12(9-11)15(16(25-14)17(21)23)22-18(24)13(20)8-10-4-2-1-3-5-10;/h1-7,9,13H,8,20H2,(H2,21,23)(H,22,24);1H/t13-;/m0./s1. The van der Waals surface area contributed by atoms with Gasteiger partial charge in [-0.2, -0.15) is 0 Å². The van der Waals surface area contributed by atoms with Crippen molar-refractivity contribution in [1.29, 1.82) is 0 Å². The summed E-state index contributed by atoms with van der Waals surface area (Å²) in [6.07, 6.45) is 0.373. The van der Waals surface area contributed by atoms with E-state index in [0.717, 1.165) is 10.0 Å². The number of benzene rings is 2. The Bertz CT molecular complexity index is 944. The van der Waals surface area contributed by atoms with Crippen molar-refractivity contribution in [2.45, 2.75) is 12.5 Å². The van der Waals surface area contributed by atoms with Crippen molar-refractivity contribution in [3.8, 4) is 0 Å². The lowest BCUT2D eigenvalue weighted by atomic mass is 10.1. The molecule has 1 atom stereocenters. The summed E-state index contributed by atoms with van der Waals surface area (Å²) in [4.78, 5) is 24.1. The maximum atomic E-state index is 12.5. The Morgan fingerprint density at radius 2 is 1.85 bits per heavy atom. The molecule has 0 aliphatic carbocycles. The van der Waals surface area contributed by atoms with E-state index in [9.17, 15) is 9.59 Å². The Kier molecular flexibility index (Phi) is 6.42. The normalized spacial score (nSPS) is 11.6. The fourth-order valence-corrected chi connectivity index (χ4v) is 2.91. The summed E-state index contributed by atoms with van der Waals surface area (Å²) in [5, 5.41) is 3.26. The number of halogens is 2. The number of carbonyl (C=O) groups excluding carboxylic acids is 2. The Morgan fingerprint density at radius 3 is 2.50 bits per heavy atom. The van der Waals surface area contributed by atoms with Gasteiger partial charge in [-0.15, -0.1) is 12.4 Å². The second-order valence-corrected chi connectivity index (χ2v) is 6.51. The largest absolute Gasteiger partial charge is 0.449 e. The van der Waals surface area contributed by atoms with Gasteiger partial charge in [0.15, 0.2) is 0 Å². The number of carbonyl (C=O) groups is 2. The van der Waals surface area contributed by atoms with Gasteiger partial charge in [-0.3, -0.25) is 9.59 Å². The minimum absolute atomic E-state index is 0. The number of amides is 2. The molecule has 0 spiro atoms. The summed E-state index contributed by atoms with van der Waals surface area (Å²) in [6, 6.07) is 13.9. The second kappa shape index (κ2) is 8.35. The molecule has 8 heteroatoms. The summed E-state index contributed by atoms with van der Waals surface area (Å²) >= 11 is 3.36. The highest BCUT2D eigenvalue weighted by molar-refractivity contribution is 9.10. The van der Waals surface area contributed by atoms with E-state index in [4.69, 9.17) is 15.9 Å². The summed E-state index contributed by atoms with van der Waals surface area (Å²) in [5.41, 5.74) is 13.0. The van der Waals surface area contributed by atoms with Gasteiger partial charge in [0.1, 0.15) is 11.3 Å². The van der Waals surface area contributed by atoms with Crippen molar-refractivity contribution in [2.24, 2.45) is 11.5 Å². The lowest BCUT2D eigenvalue weighted by molar-refractivity contribution is -0.117. The highest BCUT2D eigenvalue weighted by Crippen LogP contribution is 2.33. The van der Waals surface area contributed by atoms with E-state index in [1.165, 1.54) is 0 Å². The van der Waals surface area contributed by atoms with E-state index < -0.39 is 17.9 Å². The van der Waals surface area contributed by atoms with Crippen molar-refractivity contribution >= 4 is 56.8 Å². The fourth-order valence-electron chi connectivity index (χ4n) is 2.54. The number of hydrogen-bond donors (Lipinski definition) is 3. The number of nitrogens with one attached hydrogen (secondary N) is 1. The van der Waals surface area contributed by atoms with Crippen LogP contribution in [-0.2, 0) is 11.2 Å². The molecule has 5 N–H and O–H groups in total. The predicted octanol–water partition coefficient (Wildman–Crippen LogP) is 3.22. The van der Waals surface area contributed by atoms with Gasteiger partial charge in [-0.1, -0.05) is 46.3 Å². The monoisotopic (exact) mass is 437 g/mol. The molecule has 0 unspecified atom stereocenters. The summed E-state index contributed by atoms with van der Waals surface area (Å²) in [5.74, 6) is -1.29. The number of hydrogen-bond acceptors (Lipinski definition) is 4. The van der Waals surface area contributed by atoms with Crippen molar-refractivity contribution < 1.29 is 14.0 Å². The molecule has 2 aromatic carbocycles. The average molecular weight is 439 g/mol. The van der Waals surface area contributed by atoms with Crippen LogP contribution in [0.1, 0.15) is 16.1 Å². The molecule has 0 aliphatic heterocycles. The summed E-state index contributed by atoms with van der Waals surface area (Å²) in [6.45, 7) is 0. The predicted molar refractivity (Wildman–Crippen MR) is 106 cm³/mol. The maximum Gasteiger partial charge on any atom is 0.286 e. The smallest absolute Gasteiger partial charge is 0.286 e. The lowest BCUT2D eigenvalue weighted by Gasteiger charge is -2.12. The molecule has 3 aromatic rings. The maximum absolute atomic E-state index is 12.5. The number of rotatable bonds is 5. The molecule has 136 valence electrons. The third-order valence-electron chi connectivity index (χ3n) is 3.76. The van der Waals surface area contributed by atoms with Gasteiger partial charge in [-0.25, -0.2) is 0 Å². The van der Waals surface area contributed by atoms with Gasteiger partial charge in [0, 0.05) is 9.86 Å². The summed E-state index contributed by atoms with van der Waals surface area (Å²) < 4.78 is 6.24. The fraction of sp³-hybridized carbons (Fsp3) is 0.111. The molecular weight excluding hydrogens is 422 g/mol. The molecule has 1 heterocycles. The van der Waals surface area contributed by atoms with Crippen LogP contribution in [0, 0.1) is 0 Å². The van der Waals surface area contributed by atoms with Crippen LogP contribution in [-0.4, -0.2) is 17.9 Å². The molecule has 1 aromatic heterocycles. The summed E-state index contributed by atoms with van der Waals surface area (Å²) in [7, 11) is 0. The van der Waals surface area contributed by atoms with Gasteiger partial charge in [0.05, 0.1) is 6.04 Å². The molecule has 0 aliphatic rings. The van der Waals surface area contributed by atoms with E-state index in [1.54, 1.807) is 18.2 Å². The zero-order valence-electron chi connectivity index (χ0n) is 13.6. The van der Waals surface area contributed by atoms with Crippen molar-refractivity contribution in [1.82, 2.24) is 0 Å². The third kappa shape index (κ3) is 4.24. The topological polar surface area (TPSA) is 111 Å². The van der Waals surface area contributed by atoms with Gasteiger partial charge in [0.25, 0.3) is 5.91 Å². The number of nitrogens with two attached hydrogens (primary N) is 2. The van der Waals surface area contributed by atoms with Crippen LogP contribution in [0.25, 0.3) is 11.0 Å². The highest BCUT2D eigenvalue weighted by Gasteiger charge is 2.23. The zero-order valence-corrected chi connectivity index (χ0v) is 16.0. The first-order valence-corrected chi connectivity index (χ1v) is 8.37. The van der Waals surface area contributed by atoms with Gasteiger partial charge in [-0.05, 0) is 30.2 Å². The lowest BCUT2D eigenvalue weighted by Crippen LogP contribution is -2.37. The number of primary amides is 1. The van der Waals surface area contributed by atoms with E-state index in [2.05, 4.69) is 21.2 Å².